The normalized spacial score (nSPS) is 12.6. The summed E-state index contributed by atoms with van der Waals surface area (Å²) in [5.74, 6) is 5.69. The summed E-state index contributed by atoms with van der Waals surface area (Å²) < 4.78 is 2.80. The number of hydrazine groups is 1. The number of hydrogen-bond acceptors (Lipinski definition) is 4. The Bertz CT molecular complexity index is 534. The summed E-state index contributed by atoms with van der Waals surface area (Å²) in [6.45, 7) is 2.09. The van der Waals surface area contributed by atoms with Crippen molar-refractivity contribution in [1.82, 2.24) is 20.2 Å². The monoisotopic (exact) mass is 323 g/mol. The molecule has 2 rings (SSSR count). The number of rotatable bonds is 5. The highest BCUT2D eigenvalue weighted by molar-refractivity contribution is 9.10. The quantitative estimate of drug-likeness (QED) is 0.651. The van der Waals surface area contributed by atoms with Crippen molar-refractivity contribution in [3.63, 3.8) is 0 Å². The van der Waals surface area contributed by atoms with Crippen LogP contribution in [0.4, 0.5) is 0 Å². The summed E-state index contributed by atoms with van der Waals surface area (Å²) >= 11 is 3.38. The highest BCUT2D eigenvalue weighted by Crippen LogP contribution is 2.21. The van der Waals surface area contributed by atoms with E-state index in [1.807, 2.05) is 30.1 Å². The molecule has 3 N–H and O–H groups in total. The van der Waals surface area contributed by atoms with Crippen LogP contribution in [0.25, 0.3) is 0 Å². The third-order valence-corrected chi connectivity index (χ3v) is 3.52. The van der Waals surface area contributed by atoms with Crippen LogP contribution in [0.2, 0.25) is 0 Å². The molecule has 0 aliphatic heterocycles. The van der Waals surface area contributed by atoms with Gasteiger partial charge in [-0.1, -0.05) is 6.92 Å². The van der Waals surface area contributed by atoms with E-state index >= 15 is 0 Å². The van der Waals surface area contributed by atoms with E-state index in [4.69, 9.17) is 5.84 Å². The van der Waals surface area contributed by atoms with Crippen molar-refractivity contribution in [3.8, 4) is 0 Å². The smallest absolute Gasteiger partial charge is 0.0670 e. The standard InChI is InChI=1S/C13H18BrN5/c1-3-12-11(8-19(2)18-12)13(17-15)6-10-5-4-9(14)7-16-10/h4-5,7-8,13,17H,3,6,15H2,1-2H3. The Morgan fingerprint density at radius 1 is 1.47 bits per heavy atom. The van der Waals surface area contributed by atoms with Crippen molar-refractivity contribution in [2.45, 2.75) is 25.8 Å². The molecule has 0 aliphatic rings. The van der Waals surface area contributed by atoms with Crippen LogP contribution in [0.1, 0.15) is 29.9 Å². The number of halogens is 1. The van der Waals surface area contributed by atoms with Gasteiger partial charge in [0, 0.05) is 41.6 Å². The zero-order valence-corrected chi connectivity index (χ0v) is 12.7. The van der Waals surface area contributed by atoms with Gasteiger partial charge in [-0.25, -0.2) is 0 Å². The van der Waals surface area contributed by atoms with Gasteiger partial charge in [-0.3, -0.25) is 20.9 Å². The fraction of sp³-hybridized carbons (Fsp3) is 0.385. The van der Waals surface area contributed by atoms with Crippen molar-refractivity contribution in [1.29, 1.82) is 0 Å². The second-order valence-corrected chi connectivity index (χ2v) is 5.37. The molecule has 0 saturated heterocycles. The number of nitrogens with zero attached hydrogens (tertiary/aromatic N) is 3. The van der Waals surface area contributed by atoms with Crippen molar-refractivity contribution < 1.29 is 0 Å². The van der Waals surface area contributed by atoms with E-state index in [9.17, 15) is 0 Å². The van der Waals surface area contributed by atoms with Crippen molar-refractivity contribution in [3.05, 3.63) is 46.0 Å². The van der Waals surface area contributed by atoms with E-state index in [1.54, 1.807) is 6.20 Å². The first kappa shape index (κ1) is 14.2. The molecular weight excluding hydrogens is 306 g/mol. The molecule has 0 radical (unpaired) electrons. The van der Waals surface area contributed by atoms with Crippen molar-refractivity contribution >= 4 is 15.9 Å². The Morgan fingerprint density at radius 3 is 2.84 bits per heavy atom. The number of pyridine rings is 1. The molecule has 1 unspecified atom stereocenters. The van der Waals surface area contributed by atoms with Crippen LogP contribution in [0.5, 0.6) is 0 Å². The lowest BCUT2D eigenvalue weighted by atomic mass is 10.0. The van der Waals surface area contributed by atoms with Gasteiger partial charge >= 0.3 is 0 Å². The number of aromatic nitrogens is 3. The molecule has 1 atom stereocenters. The van der Waals surface area contributed by atoms with Gasteiger partial charge in [0.2, 0.25) is 0 Å². The Kier molecular flexibility index (Phi) is 4.68. The second-order valence-electron chi connectivity index (χ2n) is 4.45. The molecule has 0 spiro atoms. The van der Waals surface area contributed by atoms with E-state index in [-0.39, 0.29) is 6.04 Å². The molecule has 2 aromatic rings. The minimum Gasteiger partial charge on any atom is -0.275 e. The summed E-state index contributed by atoms with van der Waals surface area (Å²) in [6.07, 6.45) is 5.44. The Hall–Kier alpha value is -1.24. The fourth-order valence-corrected chi connectivity index (χ4v) is 2.35. The van der Waals surface area contributed by atoms with Crippen LogP contribution >= 0.6 is 15.9 Å². The average Bonchev–Trinajstić information content (AvgIpc) is 2.79. The molecule has 0 fully saturated rings. The molecule has 19 heavy (non-hydrogen) atoms. The molecule has 102 valence electrons. The van der Waals surface area contributed by atoms with Crippen LogP contribution in [0.15, 0.2) is 29.0 Å². The first-order valence-corrected chi connectivity index (χ1v) is 7.02. The molecule has 5 nitrogen and oxygen atoms in total. The topological polar surface area (TPSA) is 68.8 Å². The van der Waals surface area contributed by atoms with Gasteiger partial charge < -0.3 is 0 Å². The Balaban J connectivity index is 2.22. The van der Waals surface area contributed by atoms with E-state index in [0.29, 0.717) is 0 Å². The molecule has 2 heterocycles. The summed E-state index contributed by atoms with van der Waals surface area (Å²) in [5.41, 5.74) is 6.07. The summed E-state index contributed by atoms with van der Waals surface area (Å²) in [4.78, 5) is 4.38. The largest absolute Gasteiger partial charge is 0.275 e. The third kappa shape index (κ3) is 3.40. The van der Waals surface area contributed by atoms with Crippen LogP contribution in [-0.2, 0) is 19.9 Å². The maximum Gasteiger partial charge on any atom is 0.0670 e. The van der Waals surface area contributed by atoms with E-state index in [0.717, 1.165) is 34.3 Å². The fourth-order valence-electron chi connectivity index (χ4n) is 2.11. The van der Waals surface area contributed by atoms with E-state index in [1.165, 1.54) is 0 Å². The van der Waals surface area contributed by atoms with Crippen LogP contribution in [0.3, 0.4) is 0 Å². The van der Waals surface area contributed by atoms with Gasteiger partial charge in [0.25, 0.3) is 0 Å². The predicted octanol–water partition coefficient (Wildman–Crippen LogP) is 1.89. The molecule has 2 aromatic heterocycles. The number of aryl methyl sites for hydroxylation is 2. The molecule has 0 aromatic carbocycles. The highest BCUT2D eigenvalue weighted by Gasteiger charge is 2.17. The van der Waals surface area contributed by atoms with Gasteiger partial charge in [0.05, 0.1) is 11.7 Å². The van der Waals surface area contributed by atoms with E-state index < -0.39 is 0 Å². The first-order valence-electron chi connectivity index (χ1n) is 6.23. The zero-order chi connectivity index (χ0) is 13.8. The lowest BCUT2D eigenvalue weighted by Gasteiger charge is -2.15. The number of nitrogens with one attached hydrogen (secondary N) is 1. The highest BCUT2D eigenvalue weighted by atomic mass is 79.9. The lowest BCUT2D eigenvalue weighted by molar-refractivity contribution is 0.541. The van der Waals surface area contributed by atoms with Gasteiger partial charge in [-0.2, -0.15) is 5.10 Å². The minimum absolute atomic E-state index is 0.0253. The van der Waals surface area contributed by atoms with Gasteiger partial charge in [0.15, 0.2) is 0 Å². The number of hydrogen-bond donors (Lipinski definition) is 2. The Labute approximate surface area is 121 Å². The van der Waals surface area contributed by atoms with Crippen LogP contribution in [0, 0.1) is 0 Å². The lowest BCUT2D eigenvalue weighted by Crippen LogP contribution is -2.30. The van der Waals surface area contributed by atoms with Crippen molar-refractivity contribution in [2.75, 3.05) is 0 Å². The predicted molar refractivity (Wildman–Crippen MR) is 78.3 cm³/mol. The molecule has 0 saturated carbocycles. The molecule has 0 bridgehead atoms. The van der Waals surface area contributed by atoms with Gasteiger partial charge in [0.1, 0.15) is 0 Å². The third-order valence-electron chi connectivity index (χ3n) is 3.05. The molecule has 6 heteroatoms. The first-order chi connectivity index (χ1) is 9.13. The number of nitrogens with two attached hydrogens (primary N) is 1. The second kappa shape index (κ2) is 6.27. The molecule has 0 amide bonds. The van der Waals surface area contributed by atoms with Crippen LogP contribution in [-0.4, -0.2) is 14.8 Å². The maximum absolute atomic E-state index is 5.69. The molecular formula is C13H18BrN5. The van der Waals surface area contributed by atoms with Gasteiger partial charge in [-0.15, -0.1) is 0 Å². The Morgan fingerprint density at radius 2 is 2.26 bits per heavy atom. The van der Waals surface area contributed by atoms with Crippen LogP contribution < -0.4 is 11.3 Å². The summed E-state index contributed by atoms with van der Waals surface area (Å²) in [5, 5.41) is 4.45. The maximum atomic E-state index is 5.69. The van der Waals surface area contributed by atoms with Crippen molar-refractivity contribution in [2.24, 2.45) is 12.9 Å². The van der Waals surface area contributed by atoms with Gasteiger partial charge in [-0.05, 0) is 34.5 Å². The zero-order valence-electron chi connectivity index (χ0n) is 11.1. The summed E-state index contributed by atoms with van der Waals surface area (Å²) in [7, 11) is 1.92. The van der Waals surface area contributed by atoms with E-state index in [2.05, 4.69) is 38.4 Å². The molecule has 0 aliphatic carbocycles. The minimum atomic E-state index is 0.0253. The summed E-state index contributed by atoms with van der Waals surface area (Å²) in [6, 6.07) is 4.01. The SMILES string of the molecule is CCc1nn(C)cc1C(Cc1ccc(Br)cn1)NN. The average molecular weight is 324 g/mol.